The van der Waals surface area contributed by atoms with Crippen LogP contribution in [0.1, 0.15) is 45.7 Å². The van der Waals surface area contributed by atoms with Crippen molar-refractivity contribution in [2.45, 2.75) is 52.9 Å². The van der Waals surface area contributed by atoms with E-state index in [-0.39, 0.29) is 25.0 Å². The maximum absolute atomic E-state index is 12.6. The molecule has 4 rings (SSSR count). The topological polar surface area (TPSA) is 128 Å². The molecule has 0 radical (unpaired) electrons. The third kappa shape index (κ3) is 7.65. The molecule has 0 aromatic carbocycles. The molecule has 12 heteroatoms. The van der Waals surface area contributed by atoms with Gasteiger partial charge in [0.1, 0.15) is 5.52 Å². The summed E-state index contributed by atoms with van der Waals surface area (Å²) >= 11 is 0. The minimum Gasteiger partial charge on any atom is -0.382 e. The summed E-state index contributed by atoms with van der Waals surface area (Å²) in [5.74, 6) is -2.45. The number of nitrogens with two attached hydrogens (primary N) is 2. The van der Waals surface area contributed by atoms with E-state index in [1.54, 1.807) is 23.9 Å². The Labute approximate surface area is 208 Å². The van der Waals surface area contributed by atoms with Crippen molar-refractivity contribution < 1.29 is 18.0 Å². The largest absolute Gasteiger partial charge is 0.382 e. The summed E-state index contributed by atoms with van der Waals surface area (Å²) in [7, 11) is 0. The normalized spacial score (nSPS) is 14.7. The smallest absolute Gasteiger partial charge is 0.265 e. The SMILES string of the molecule is CC(=O)N1CCCC(F)(F)C1.CC=Nc1ccc(-c2ccn3nc(N)nc(N)c23)nc1C.CCCF. The number of hydrogen-bond acceptors (Lipinski definition) is 7. The number of pyridine rings is 1. The van der Waals surface area contributed by atoms with Gasteiger partial charge in [0.25, 0.3) is 5.92 Å². The summed E-state index contributed by atoms with van der Waals surface area (Å²) in [5, 5.41) is 4.10. The van der Waals surface area contributed by atoms with Crippen molar-refractivity contribution in [2.24, 2.45) is 4.99 Å². The van der Waals surface area contributed by atoms with Crippen molar-refractivity contribution >= 4 is 35.1 Å². The zero-order chi connectivity index (χ0) is 26.9. The van der Waals surface area contributed by atoms with Gasteiger partial charge in [0.2, 0.25) is 11.9 Å². The van der Waals surface area contributed by atoms with E-state index in [9.17, 15) is 18.0 Å². The number of piperidine rings is 1. The lowest BCUT2D eigenvalue weighted by atomic mass is 10.1. The maximum Gasteiger partial charge on any atom is 0.265 e. The Balaban J connectivity index is 0.000000255. The first-order valence-electron chi connectivity index (χ1n) is 11.6. The summed E-state index contributed by atoms with van der Waals surface area (Å²) in [6.45, 7) is 6.81. The highest BCUT2D eigenvalue weighted by Crippen LogP contribution is 2.29. The highest BCUT2D eigenvalue weighted by Gasteiger charge is 2.35. The van der Waals surface area contributed by atoms with Crippen LogP contribution in [0.15, 0.2) is 29.4 Å². The van der Waals surface area contributed by atoms with Gasteiger partial charge in [-0.15, -0.1) is 5.10 Å². The quantitative estimate of drug-likeness (QED) is 0.499. The molecule has 0 atom stereocenters. The Morgan fingerprint density at radius 2 is 1.94 bits per heavy atom. The molecule has 0 unspecified atom stereocenters. The Morgan fingerprint density at radius 3 is 2.47 bits per heavy atom. The van der Waals surface area contributed by atoms with E-state index in [1.807, 2.05) is 32.0 Å². The lowest BCUT2D eigenvalue weighted by Gasteiger charge is -2.31. The number of alkyl halides is 3. The molecule has 0 saturated carbocycles. The van der Waals surface area contributed by atoms with Crippen molar-refractivity contribution in [2.75, 3.05) is 31.2 Å². The number of halogens is 3. The Morgan fingerprint density at radius 1 is 1.25 bits per heavy atom. The van der Waals surface area contributed by atoms with Crippen LogP contribution in [-0.2, 0) is 4.79 Å². The number of carbonyl (C=O) groups is 1. The fourth-order valence-corrected chi connectivity index (χ4v) is 3.49. The first-order valence-corrected chi connectivity index (χ1v) is 11.6. The van der Waals surface area contributed by atoms with Gasteiger partial charge >= 0.3 is 0 Å². The van der Waals surface area contributed by atoms with E-state index >= 15 is 0 Å². The van der Waals surface area contributed by atoms with Gasteiger partial charge in [-0.05, 0) is 44.9 Å². The van der Waals surface area contributed by atoms with Crippen molar-refractivity contribution in [1.29, 1.82) is 0 Å². The average molecular weight is 507 g/mol. The molecular weight excluding hydrogens is 473 g/mol. The van der Waals surface area contributed by atoms with E-state index in [1.165, 1.54) is 11.8 Å². The number of amides is 1. The minimum absolute atomic E-state index is 0.0865. The number of fused-ring (bicyclic) bond motifs is 1. The number of hydrogen-bond donors (Lipinski definition) is 2. The van der Waals surface area contributed by atoms with Gasteiger partial charge in [0.05, 0.1) is 30.3 Å². The maximum atomic E-state index is 12.6. The van der Waals surface area contributed by atoms with Crippen LogP contribution in [-0.4, -0.2) is 62.3 Å². The highest BCUT2D eigenvalue weighted by atomic mass is 19.3. The fourth-order valence-electron chi connectivity index (χ4n) is 3.49. The van der Waals surface area contributed by atoms with Crippen LogP contribution in [0.2, 0.25) is 0 Å². The number of likely N-dealkylation sites (tertiary alicyclic amines) is 1. The lowest BCUT2D eigenvalue weighted by molar-refractivity contribution is -0.139. The van der Waals surface area contributed by atoms with Crippen molar-refractivity contribution in [1.82, 2.24) is 24.5 Å². The second-order valence-corrected chi connectivity index (χ2v) is 8.16. The molecule has 0 aliphatic carbocycles. The zero-order valence-corrected chi connectivity index (χ0v) is 21.0. The lowest BCUT2D eigenvalue weighted by Crippen LogP contribution is -2.44. The number of anilines is 2. The number of rotatable bonds is 3. The number of nitrogen functional groups attached to an aromatic ring is 2. The van der Waals surface area contributed by atoms with Crippen LogP contribution in [0.5, 0.6) is 0 Å². The number of aromatic nitrogens is 4. The first kappa shape index (κ1) is 28.5. The molecule has 4 N–H and O–H groups in total. The molecule has 1 saturated heterocycles. The standard InChI is InChI=1S/C14H15N7.C7H11F2NO.C3H7F/c1-3-17-10-4-5-11(18-8(10)2)9-6-7-21-12(9)13(15)19-14(16)20-21;1-6(11)10-4-2-3-7(8,9)5-10;1-2-3-4/h3-7H,1-2H3,(H4,15,16,19,20);2-5H2,1H3;2-3H2,1H3. The van der Waals surface area contributed by atoms with Gasteiger partial charge in [0.15, 0.2) is 5.82 Å². The molecule has 0 spiro atoms. The van der Waals surface area contributed by atoms with Gasteiger partial charge in [-0.1, -0.05) is 6.92 Å². The molecule has 4 heterocycles. The number of carbonyl (C=O) groups excluding carboxylic acids is 1. The molecule has 1 aliphatic heterocycles. The van der Waals surface area contributed by atoms with Crippen LogP contribution in [0.25, 0.3) is 16.8 Å². The average Bonchev–Trinajstić information content (AvgIpc) is 3.24. The Bertz CT molecular complexity index is 1190. The minimum atomic E-state index is -2.66. The van der Waals surface area contributed by atoms with Crippen LogP contribution >= 0.6 is 0 Å². The number of nitrogens with zero attached hydrogens (tertiary/aromatic N) is 6. The van der Waals surface area contributed by atoms with Gasteiger partial charge in [-0.2, -0.15) is 4.98 Å². The molecule has 3 aromatic heterocycles. The summed E-state index contributed by atoms with van der Waals surface area (Å²) < 4.78 is 37.6. The van der Waals surface area contributed by atoms with Gasteiger partial charge in [0, 0.05) is 37.9 Å². The van der Waals surface area contributed by atoms with E-state index < -0.39 is 12.5 Å². The Hall–Kier alpha value is -3.70. The third-order valence-corrected chi connectivity index (χ3v) is 5.18. The summed E-state index contributed by atoms with van der Waals surface area (Å²) in [6, 6.07) is 5.72. The third-order valence-electron chi connectivity index (χ3n) is 5.18. The van der Waals surface area contributed by atoms with Crippen LogP contribution < -0.4 is 11.5 Å². The molecule has 36 heavy (non-hydrogen) atoms. The summed E-state index contributed by atoms with van der Waals surface area (Å²) in [5.41, 5.74) is 15.6. The molecular formula is C24H33F3N8O. The van der Waals surface area contributed by atoms with Crippen LogP contribution in [0, 0.1) is 6.92 Å². The summed E-state index contributed by atoms with van der Waals surface area (Å²) in [6.07, 6.45) is 4.50. The Kier molecular flexibility index (Phi) is 10.2. The number of aryl methyl sites for hydroxylation is 1. The van der Waals surface area contributed by atoms with Gasteiger partial charge in [-0.25, -0.2) is 13.3 Å². The molecule has 1 amide bonds. The van der Waals surface area contributed by atoms with Crippen LogP contribution in [0.4, 0.5) is 30.6 Å². The first-order chi connectivity index (χ1) is 17.0. The molecule has 196 valence electrons. The fraction of sp³-hybridized carbons (Fsp3) is 0.458. The van der Waals surface area contributed by atoms with Crippen molar-refractivity contribution in [3.63, 3.8) is 0 Å². The van der Waals surface area contributed by atoms with Crippen molar-refractivity contribution in [3.8, 4) is 11.3 Å². The second-order valence-electron chi connectivity index (χ2n) is 8.16. The van der Waals surface area contributed by atoms with Gasteiger partial charge < -0.3 is 16.4 Å². The second kappa shape index (κ2) is 12.8. The zero-order valence-electron chi connectivity index (χ0n) is 21.0. The van der Waals surface area contributed by atoms with E-state index in [4.69, 9.17) is 11.5 Å². The molecule has 1 fully saturated rings. The van der Waals surface area contributed by atoms with Gasteiger partial charge in [-0.3, -0.25) is 19.2 Å². The predicted molar refractivity (Wildman–Crippen MR) is 136 cm³/mol. The monoisotopic (exact) mass is 506 g/mol. The van der Waals surface area contributed by atoms with Crippen molar-refractivity contribution in [3.05, 3.63) is 30.1 Å². The number of aliphatic imine (C=N–C) groups is 1. The highest BCUT2D eigenvalue weighted by molar-refractivity contribution is 5.86. The van der Waals surface area contributed by atoms with E-state index in [0.29, 0.717) is 30.7 Å². The van der Waals surface area contributed by atoms with Crippen LogP contribution in [0.3, 0.4) is 0 Å². The molecule has 1 aliphatic rings. The summed E-state index contributed by atoms with van der Waals surface area (Å²) in [4.78, 5) is 24.7. The molecule has 9 nitrogen and oxygen atoms in total. The predicted octanol–water partition coefficient (Wildman–Crippen LogP) is 4.62. The molecule has 3 aromatic rings. The molecule has 0 bridgehead atoms. The van der Waals surface area contributed by atoms with E-state index in [2.05, 4.69) is 20.1 Å². The van der Waals surface area contributed by atoms with E-state index in [0.717, 1.165) is 22.6 Å².